The van der Waals surface area contributed by atoms with E-state index >= 15 is 0 Å². The van der Waals surface area contributed by atoms with Gasteiger partial charge in [-0.1, -0.05) is 24.6 Å². The maximum Gasteiger partial charge on any atom is 0.137 e. The van der Waals surface area contributed by atoms with Crippen LogP contribution in [-0.2, 0) is 4.79 Å². The molecule has 1 aliphatic carbocycles. The van der Waals surface area contributed by atoms with E-state index in [1.165, 1.54) is 6.42 Å². The summed E-state index contributed by atoms with van der Waals surface area (Å²) >= 11 is 0. The lowest BCUT2D eigenvalue weighted by molar-refractivity contribution is -0.124. The molecular weight excluding hydrogens is 186 g/mol. The van der Waals surface area contributed by atoms with Gasteiger partial charge in [-0.2, -0.15) is 0 Å². The van der Waals surface area contributed by atoms with Gasteiger partial charge in [-0.15, -0.1) is 0 Å². The van der Waals surface area contributed by atoms with Crippen molar-refractivity contribution in [3.05, 3.63) is 30.3 Å². The highest BCUT2D eigenvalue weighted by Gasteiger charge is 2.21. The van der Waals surface area contributed by atoms with Crippen LogP contribution in [0.15, 0.2) is 30.3 Å². The minimum atomic E-state index is 0.235. The predicted molar refractivity (Wildman–Crippen MR) is 61.9 cm³/mol. The van der Waals surface area contributed by atoms with Crippen LogP contribution in [0.1, 0.15) is 25.7 Å². The van der Waals surface area contributed by atoms with Gasteiger partial charge in [0.2, 0.25) is 0 Å². The number of hydrogen-bond donors (Lipinski definition) is 1. The zero-order chi connectivity index (χ0) is 10.5. The monoisotopic (exact) mass is 203 g/mol. The molecule has 1 fully saturated rings. The fourth-order valence-corrected chi connectivity index (χ4v) is 2.07. The highest BCUT2D eigenvalue weighted by Crippen LogP contribution is 2.21. The van der Waals surface area contributed by atoms with Gasteiger partial charge in [0.05, 0.1) is 0 Å². The molecule has 15 heavy (non-hydrogen) atoms. The zero-order valence-electron chi connectivity index (χ0n) is 8.91. The van der Waals surface area contributed by atoms with Crippen LogP contribution in [0.5, 0.6) is 0 Å². The molecular formula is C13H17NO. The lowest BCUT2D eigenvalue weighted by Gasteiger charge is -2.21. The van der Waals surface area contributed by atoms with Gasteiger partial charge in [-0.05, 0) is 25.0 Å². The number of rotatable bonds is 3. The predicted octanol–water partition coefficient (Wildman–Crippen LogP) is 2.86. The van der Waals surface area contributed by atoms with Crippen molar-refractivity contribution in [3.8, 4) is 0 Å². The van der Waals surface area contributed by atoms with Crippen LogP contribution >= 0.6 is 0 Å². The van der Waals surface area contributed by atoms with Crippen molar-refractivity contribution in [2.45, 2.75) is 25.7 Å². The third-order valence-electron chi connectivity index (χ3n) is 3.01. The first-order valence-electron chi connectivity index (χ1n) is 5.68. The Bertz CT molecular complexity index is 321. The van der Waals surface area contributed by atoms with Gasteiger partial charge >= 0.3 is 0 Å². The summed E-state index contributed by atoms with van der Waals surface area (Å²) in [5, 5.41) is 3.32. The number of nitrogens with one attached hydrogen (secondary N) is 1. The lowest BCUT2D eigenvalue weighted by Crippen LogP contribution is -2.26. The molecule has 1 atom stereocenters. The summed E-state index contributed by atoms with van der Waals surface area (Å²) < 4.78 is 0. The van der Waals surface area contributed by atoms with E-state index in [2.05, 4.69) is 5.32 Å². The molecule has 1 unspecified atom stereocenters. The van der Waals surface area contributed by atoms with Crippen molar-refractivity contribution in [3.63, 3.8) is 0 Å². The molecule has 1 aliphatic rings. The normalized spacial score (nSPS) is 21.3. The van der Waals surface area contributed by atoms with Crippen molar-refractivity contribution < 1.29 is 4.79 Å². The van der Waals surface area contributed by atoms with E-state index in [1.54, 1.807) is 0 Å². The molecule has 0 spiro atoms. The largest absolute Gasteiger partial charge is 0.384 e. The van der Waals surface area contributed by atoms with E-state index in [-0.39, 0.29) is 5.92 Å². The van der Waals surface area contributed by atoms with Gasteiger partial charge in [-0.3, -0.25) is 4.79 Å². The molecule has 0 saturated heterocycles. The van der Waals surface area contributed by atoms with Crippen LogP contribution < -0.4 is 5.32 Å². The van der Waals surface area contributed by atoms with Crippen molar-refractivity contribution in [1.29, 1.82) is 0 Å². The summed E-state index contributed by atoms with van der Waals surface area (Å²) in [6.45, 7) is 0.794. The molecule has 0 aliphatic heterocycles. The summed E-state index contributed by atoms with van der Waals surface area (Å²) in [5.41, 5.74) is 1.11. The average Bonchev–Trinajstić information content (AvgIpc) is 2.29. The van der Waals surface area contributed by atoms with E-state index in [1.807, 2.05) is 30.3 Å². The first-order valence-corrected chi connectivity index (χ1v) is 5.68. The minimum Gasteiger partial charge on any atom is -0.384 e. The minimum absolute atomic E-state index is 0.235. The zero-order valence-corrected chi connectivity index (χ0v) is 8.91. The quantitative estimate of drug-likeness (QED) is 0.818. The van der Waals surface area contributed by atoms with Crippen LogP contribution in [-0.4, -0.2) is 12.3 Å². The molecule has 1 aromatic rings. The van der Waals surface area contributed by atoms with Gasteiger partial charge in [-0.25, -0.2) is 0 Å². The van der Waals surface area contributed by atoms with Crippen LogP contribution in [0.3, 0.4) is 0 Å². The third kappa shape index (κ3) is 2.82. The maximum atomic E-state index is 11.6. The van der Waals surface area contributed by atoms with Crippen LogP contribution in [0.25, 0.3) is 0 Å². The number of hydrogen-bond acceptors (Lipinski definition) is 2. The molecule has 2 rings (SSSR count). The van der Waals surface area contributed by atoms with Gasteiger partial charge in [0.25, 0.3) is 0 Å². The molecule has 0 bridgehead atoms. The van der Waals surface area contributed by atoms with Crippen molar-refractivity contribution in [2.24, 2.45) is 5.92 Å². The smallest absolute Gasteiger partial charge is 0.137 e. The van der Waals surface area contributed by atoms with E-state index in [9.17, 15) is 4.79 Å². The Kier molecular flexibility index (Phi) is 3.38. The number of anilines is 1. The van der Waals surface area contributed by atoms with Gasteiger partial charge in [0.1, 0.15) is 5.78 Å². The first-order chi connectivity index (χ1) is 7.36. The van der Waals surface area contributed by atoms with Crippen LogP contribution in [0.4, 0.5) is 5.69 Å². The van der Waals surface area contributed by atoms with E-state index < -0.39 is 0 Å². The van der Waals surface area contributed by atoms with Crippen molar-refractivity contribution in [1.82, 2.24) is 0 Å². The molecule has 0 amide bonds. The lowest BCUT2D eigenvalue weighted by atomic mass is 9.88. The number of ketones is 1. The molecule has 1 aromatic carbocycles. The number of carbonyl (C=O) groups is 1. The molecule has 80 valence electrons. The van der Waals surface area contributed by atoms with Crippen LogP contribution in [0, 0.1) is 5.92 Å². The molecule has 1 N–H and O–H groups in total. The molecule has 1 saturated carbocycles. The second kappa shape index (κ2) is 4.96. The molecule has 0 aromatic heterocycles. The Hall–Kier alpha value is -1.31. The summed E-state index contributed by atoms with van der Waals surface area (Å²) in [6.07, 6.45) is 4.12. The highest BCUT2D eigenvalue weighted by atomic mass is 16.1. The number of carbonyl (C=O) groups excluding carboxylic acids is 1. The van der Waals surface area contributed by atoms with Gasteiger partial charge in [0, 0.05) is 24.6 Å². The topological polar surface area (TPSA) is 29.1 Å². The van der Waals surface area contributed by atoms with Gasteiger partial charge < -0.3 is 5.32 Å². The standard InChI is InChI=1S/C13H17NO/c15-13-9-5-4-6-11(13)10-14-12-7-2-1-3-8-12/h1-3,7-8,11,14H,4-6,9-10H2. The van der Waals surface area contributed by atoms with E-state index in [0.717, 1.165) is 31.5 Å². The number of Topliss-reactive ketones (excluding diaryl/α,β-unsaturated/α-hetero) is 1. The fraction of sp³-hybridized carbons (Fsp3) is 0.462. The van der Waals surface area contributed by atoms with Gasteiger partial charge in [0.15, 0.2) is 0 Å². The molecule has 0 heterocycles. The Balaban J connectivity index is 1.85. The number of para-hydroxylation sites is 1. The fourth-order valence-electron chi connectivity index (χ4n) is 2.07. The Labute approximate surface area is 90.7 Å². The second-order valence-corrected chi connectivity index (χ2v) is 4.16. The number of benzene rings is 1. The Morgan fingerprint density at radius 2 is 2.00 bits per heavy atom. The summed E-state index contributed by atoms with van der Waals surface area (Å²) in [4.78, 5) is 11.6. The van der Waals surface area contributed by atoms with Crippen molar-refractivity contribution in [2.75, 3.05) is 11.9 Å². The Morgan fingerprint density at radius 3 is 2.73 bits per heavy atom. The summed E-state index contributed by atoms with van der Waals surface area (Å²) in [6, 6.07) is 10.1. The summed E-state index contributed by atoms with van der Waals surface area (Å²) in [7, 11) is 0. The SMILES string of the molecule is O=C1CCCCC1CNc1ccccc1. The molecule has 0 radical (unpaired) electrons. The Morgan fingerprint density at radius 1 is 1.20 bits per heavy atom. The second-order valence-electron chi connectivity index (χ2n) is 4.16. The van der Waals surface area contributed by atoms with Crippen LogP contribution in [0.2, 0.25) is 0 Å². The highest BCUT2D eigenvalue weighted by molar-refractivity contribution is 5.82. The molecule has 2 heteroatoms. The van der Waals surface area contributed by atoms with E-state index in [4.69, 9.17) is 0 Å². The average molecular weight is 203 g/mol. The maximum absolute atomic E-state index is 11.6. The summed E-state index contributed by atoms with van der Waals surface area (Å²) in [5.74, 6) is 0.670. The third-order valence-corrected chi connectivity index (χ3v) is 3.01. The first kappa shape index (κ1) is 10.2. The van der Waals surface area contributed by atoms with E-state index in [0.29, 0.717) is 5.78 Å². The van der Waals surface area contributed by atoms with Crippen molar-refractivity contribution >= 4 is 11.5 Å². The molecule has 2 nitrogen and oxygen atoms in total.